The van der Waals surface area contributed by atoms with Crippen molar-refractivity contribution in [2.45, 2.75) is 20.3 Å². The normalized spacial score (nSPS) is 10.3. The number of nitrogens with one attached hydrogen (secondary N) is 1. The number of aromatic nitrogens is 1. The Bertz CT molecular complexity index is 809. The molecule has 0 radical (unpaired) electrons. The fourth-order valence-electron chi connectivity index (χ4n) is 2.28. The number of anilines is 1. The van der Waals surface area contributed by atoms with Crippen LogP contribution in [0.5, 0.6) is 0 Å². The highest BCUT2D eigenvalue weighted by molar-refractivity contribution is 5.97. The van der Waals surface area contributed by atoms with Gasteiger partial charge in [0.15, 0.2) is 6.61 Å². The lowest BCUT2D eigenvalue weighted by atomic mass is 10.1. The lowest BCUT2D eigenvalue weighted by Crippen LogP contribution is -2.22. The Kier molecular flexibility index (Phi) is 6.11. The average molecular weight is 359 g/mol. The smallest absolute Gasteiger partial charge is 0.344 e. The molecule has 1 N–H and O–H groups in total. The second-order valence-electron chi connectivity index (χ2n) is 5.82. The fourth-order valence-corrected chi connectivity index (χ4v) is 2.28. The third-order valence-corrected chi connectivity index (χ3v) is 3.63. The number of amides is 2. The van der Waals surface area contributed by atoms with E-state index >= 15 is 0 Å². The van der Waals surface area contributed by atoms with E-state index in [1.165, 1.54) is 4.90 Å². The molecule has 8 nitrogen and oxygen atoms in total. The van der Waals surface area contributed by atoms with E-state index in [1.807, 2.05) is 6.92 Å². The van der Waals surface area contributed by atoms with Crippen LogP contribution in [0.1, 0.15) is 39.1 Å². The summed E-state index contributed by atoms with van der Waals surface area (Å²) in [6.45, 7) is 3.01. The van der Waals surface area contributed by atoms with Crippen LogP contribution in [0.25, 0.3) is 0 Å². The predicted octanol–water partition coefficient (Wildman–Crippen LogP) is 2.04. The molecule has 2 aromatic rings. The highest BCUT2D eigenvalue weighted by Crippen LogP contribution is 2.15. The molecule has 0 atom stereocenters. The molecule has 1 aromatic carbocycles. The predicted molar refractivity (Wildman–Crippen MR) is 94.0 cm³/mol. The highest BCUT2D eigenvalue weighted by Gasteiger charge is 2.21. The number of ether oxygens (including phenoxy) is 1. The maximum Gasteiger partial charge on any atom is 0.344 e. The minimum absolute atomic E-state index is 0.132. The van der Waals surface area contributed by atoms with Gasteiger partial charge in [-0.05, 0) is 37.6 Å². The van der Waals surface area contributed by atoms with Gasteiger partial charge in [0.25, 0.3) is 11.8 Å². The first-order valence-corrected chi connectivity index (χ1v) is 8.07. The maximum atomic E-state index is 12.1. The summed E-state index contributed by atoms with van der Waals surface area (Å²) >= 11 is 0. The van der Waals surface area contributed by atoms with Crippen LogP contribution in [0.15, 0.2) is 28.8 Å². The van der Waals surface area contributed by atoms with Crippen LogP contribution in [-0.4, -0.2) is 48.5 Å². The summed E-state index contributed by atoms with van der Waals surface area (Å²) < 4.78 is 10.0. The third-order valence-electron chi connectivity index (χ3n) is 3.63. The summed E-state index contributed by atoms with van der Waals surface area (Å²) in [5.41, 5.74) is 1.76. The van der Waals surface area contributed by atoms with Crippen LogP contribution in [0, 0.1) is 6.92 Å². The van der Waals surface area contributed by atoms with Crippen LogP contribution < -0.4 is 5.32 Å². The minimum Gasteiger partial charge on any atom is -0.452 e. The van der Waals surface area contributed by atoms with Crippen LogP contribution in [0.4, 0.5) is 5.69 Å². The molecule has 0 aliphatic rings. The van der Waals surface area contributed by atoms with Crippen molar-refractivity contribution in [1.82, 2.24) is 10.1 Å². The van der Waals surface area contributed by atoms with Crippen LogP contribution in [0.2, 0.25) is 0 Å². The lowest BCUT2D eigenvalue weighted by Gasteiger charge is -2.11. The number of benzene rings is 1. The largest absolute Gasteiger partial charge is 0.452 e. The van der Waals surface area contributed by atoms with Crippen molar-refractivity contribution < 1.29 is 23.6 Å². The fraction of sp³-hybridized carbons (Fsp3) is 0.333. The summed E-state index contributed by atoms with van der Waals surface area (Å²) in [6, 6.07) is 6.43. The van der Waals surface area contributed by atoms with Gasteiger partial charge in [-0.1, -0.05) is 12.1 Å². The molecule has 0 fully saturated rings. The van der Waals surface area contributed by atoms with E-state index in [-0.39, 0.29) is 11.5 Å². The van der Waals surface area contributed by atoms with E-state index in [4.69, 9.17) is 9.26 Å². The van der Waals surface area contributed by atoms with Gasteiger partial charge >= 0.3 is 5.97 Å². The Hall–Kier alpha value is -3.16. The summed E-state index contributed by atoms with van der Waals surface area (Å²) in [5.74, 6) is -0.916. The van der Waals surface area contributed by atoms with Crippen LogP contribution in [-0.2, 0) is 16.0 Å². The third kappa shape index (κ3) is 4.47. The molecule has 0 saturated carbocycles. The number of rotatable bonds is 6. The zero-order chi connectivity index (χ0) is 19.3. The van der Waals surface area contributed by atoms with Gasteiger partial charge in [0, 0.05) is 25.3 Å². The molecular formula is C18H21N3O5. The molecule has 0 aliphatic carbocycles. The van der Waals surface area contributed by atoms with Crippen molar-refractivity contribution >= 4 is 23.5 Å². The first kappa shape index (κ1) is 19.2. The Morgan fingerprint density at radius 3 is 2.42 bits per heavy atom. The van der Waals surface area contributed by atoms with Crippen LogP contribution in [0.3, 0.4) is 0 Å². The average Bonchev–Trinajstić information content (AvgIpc) is 3.00. The second-order valence-corrected chi connectivity index (χ2v) is 5.82. The number of hydrogen-bond acceptors (Lipinski definition) is 6. The van der Waals surface area contributed by atoms with Gasteiger partial charge in [0.2, 0.25) is 0 Å². The molecule has 2 amide bonds. The van der Waals surface area contributed by atoms with Crippen molar-refractivity contribution in [2.75, 3.05) is 26.0 Å². The molecule has 0 spiro atoms. The van der Waals surface area contributed by atoms with Gasteiger partial charge in [0.1, 0.15) is 11.3 Å². The standard InChI is InChI=1S/C18H21N3O5/c1-5-14-16(11(2)26-20-14)18(24)25-10-15(22)19-13-8-6-12(7-9-13)17(23)21(3)4/h6-9H,5,10H2,1-4H3,(H,19,22). The van der Waals surface area contributed by atoms with Gasteiger partial charge in [-0.2, -0.15) is 0 Å². The van der Waals surface area contributed by atoms with Crippen molar-refractivity contribution in [3.8, 4) is 0 Å². The molecule has 26 heavy (non-hydrogen) atoms. The molecule has 1 aromatic heterocycles. The van der Waals surface area contributed by atoms with E-state index in [0.717, 1.165) is 0 Å². The number of esters is 1. The summed E-state index contributed by atoms with van der Waals surface area (Å²) in [7, 11) is 3.32. The molecule has 138 valence electrons. The zero-order valence-corrected chi connectivity index (χ0v) is 15.2. The minimum atomic E-state index is -0.650. The molecule has 1 heterocycles. The van der Waals surface area contributed by atoms with E-state index in [2.05, 4.69) is 10.5 Å². The molecule has 8 heteroatoms. The van der Waals surface area contributed by atoms with Gasteiger partial charge in [-0.15, -0.1) is 0 Å². The SMILES string of the molecule is CCc1noc(C)c1C(=O)OCC(=O)Nc1ccc(C(=O)N(C)C)cc1. The number of aryl methyl sites for hydroxylation is 2. The molecule has 0 unspecified atom stereocenters. The molecular weight excluding hydrogens is 338 g/mol. The topological polar surface area (TPSA) is 102 Å². The summed E-state index contributed by atoms with van der Waals surface area (Å²) in [5, 5.41) is 6.38. The highest BCUT2D eigenvalue weighted by atomic mass is 16.5. The first-order chi connectivity index (χ1) is 12.3. The quantitative estimate of drug-likeness (QED) is 0.792. The summed E-state index contributed by atoms with van der Waals surface area (Å²) in [6.07, 6.45) is 0.520. The van der Waals surface area contributed by atoms with Crippen molar-refractivity contribution in [1.29, 1.82) is 0 Å². The van der Waals surface area contributed by atoms with E-state index in [9.17, 15) is 14.4 Å². The number of carbonyl (C=O) groups is 3. The maximum absolute atomic E-state index is 12.1. The van der Waals surface area contributed by atoms with Gasteiger partial charge in [0.05, 0.1) is 5.69 Å². The van der Waals surface area contributed by atoms with Gasteiger partial charge in [-0.25, -0.2) is 4.79 Å². The molecule has 2 rings (SSSR count). The van der Waals surface area contributed by atoms with Crippen molar-refractivity contribution in [3.63, 3.8) is 0 Å². The Morgan fingerprint density at radius 1 is 1.19 bits per heavy atom. The summed E-state index contributed by atoms with van der Waals surface area (Å²) in [4.78, 5) is 37.3. The van der Waals surface area contributed by atoms with Crippen molar-refractivity contribution in [3.05, 3.63) is 46.8 Å². The molecule has 0 aliphatic heterocycles. The Morgan fingerprint density at radius 2 is 1.85 bits per heavy atom. The van der Waals surface area contributed by atoms with E-state index < -0.39 is 18.5 Å². The second kappa shape index (κ2) is 8.28. The van der Waals surface area contributed by atoms with Gasteiger partial charge in [-0.3, -0.25) is 9.59 Å². The molecule has 0 bridgehead atoms. The van der Waals surface area contributed by atoms with E-state index in [0.29, 0.717) is 29.1 Å². The number of nitrogens with zero attached hydrogens (tertiary/aromatic N) is 2. The number of hydrogen-bond donors (Lipinski definition) is 1. The van der Waals surface area contributed by atoms with E-state index in [1.54, 1.807) is 45.3 Å². The monoisotopic (exact) mass is 359 g/mol. The molecule has 0 saturated heterocycles. The van der Waals surface area contributed by atoms with Crippen LogP contribution >= 0.6 is 0 Å². The Balaban J connectivity index is 1.92. The zero-order valence-electron chi connectivity index (χ0n) is 15.2. The lowest BCUT2D eigenvalue weighted by molar-refractivity contribution is -0.119. The first-order valence-electron chi connectivity index (χ1n) is 8.07. The Labute approximate surface area is 151 Å². The number of carbonyl (C=O) groups excluding carboxylic acids is 3. The van der Waals surface area contributed by atoms with Crippen molar-refractivity contribution in [2.24, 2.45) is 0 Å². The van der Waals surface area contributed by atoms with Gasteiger partial charge < -0.3 is 19.5 Å².